The van der Waals surface area contributed by atoms with E-state index in [9.17, 15) is 19.5 Å². The number of aliphatic hydroxyl groups is 1. The summed E-state index contributed by atoms with van der Waals surface area (Å²) < 4.78 is 4.89. The van der Waals surface area contributed by atoms with Gasteiger partial charge < -0.3 is 14.7 Å². The first-order valence-corrected chi connectivity index (χ1v) is 7.79. The second-order valence-corrected chi connectivity index (χ2v) is 5.86. The Balaban J connectivity index is 2.50. The second kappa shape index (κ2) is 7.73. The summed E-state index contributed by atoms with van der Waals surface area (Å²) in [5.74, 6) is -1.08. The fraction of sp³-hybridized carbons (Fsp3) is 0.267. The van der Waals surface area contributed by atoms with Crippen LogP contribution in [0.5, 0.6) is 5.75 Å². The minimum Gasteiger partial charge on any atom is -0.489 e. The Morgan fingerprint density at radius 2 is 2.00 bits per heavy atom. The van der Waals surface area contributed by atoms with E-state index in [4.69, 9.17) is 27.9 Å². The van der Waals surface area contributed by atoms with Gasteiger partial charge in [0.1, 0.15) is 0 Å². The Kier molecular flexibility index (Phi) is 5.89. The molecule has 1 heterocycles. The standard InChI is InChI=1S/C15H15Cl2N3O5/c1-20(9(6-21)7-4-3-5-8(16)10(7)17)14(23)11-12(25-2)13(22)19-15(24)18-11/h3-5,9,21H,6H2,1-2H3,(H2,18,19,22,24). The SMILES string of the molecule is COc1c(C(=O)N(C)C(CO)c2cccc(Cl)c2Cl)[nH]c(=O)[nH]c1=O. The van der Waals surface area contributed by atoms with Gasteiger partial charge in [0.15, 0.2) is 5.69 Å². The third kappa shape index (κ3) is 3.71. The van der Waals surface area contributed by atoms with Crippen molar-refractivity contribution in [2.24, 2.45) is 0 Å². The van der Waals surface area contributed by atoms with Crippen LogP contribution in [0.3, 0.4) is 0 Å². The van der Waals surface area contributed by atoms with Crippen LogP contribution in [0.1, 0.15) is 22.1 Å². The molecule has 134 valence electrons. The zero-order valence-electron chi connectivity index (χ0n) is 13.3. The van der Waals surface area contributed by atoms with Gasteiger partial charge in [-0.1, -0.05) is 35.3 Å². The number of ether oxygens (including phenoxy) is 1. The number of hydrogen-bond acceptors (Lipinski definition) is 5. The van der Waals surface area contributed by atoms with Crippen molar-refractivity contribution in [2.45, 2.75) is 6.04 Å². The normalized spacial score (nSPS) is 11.9. The number of aromatic amines is 2. The lowest BCUT2D eigenvalue weighted by atomic mass is 10.1. The summed E-state index contributed by atoms with van der Waals surface area (Å²) in [6.45, 7) is -0.460. The van der Waals surface area contributed by atoms with Gasteiger partial charge >= 0.3 is 5.69 Å². The second-order valence-electron chi connectivity index (χ2n) is 5.07. The number of H-pyrrole nitrogens is 2. The molecule has 2 rings (SSSR count). The van der Waals surface area contributed by atoms with Gasteiger partial charge in [-0.05, 0) is 11.6 Å². The number of carbonyl (C=O) groups is 1. The summed E-state index contributed by atoms with van der Waals surface area (Å²) in [5.41, 5.74) is -1.62. The van der Waals surface area contributed by atoms with Crippen molar-refractivity contribution in [2.75, 3.05) is 20.8 Å². The summed E-state index contributed by atoms with van der Waals surface area (Å²) in [4.78, 5) is 41.3. The van der Waals surface area contributed by atoms with Crippen molar-refractivity contribution >= 4 is 29.1 Å². The molecule has 8 nitrogen and oxygen atoms in total. The molecule has 0 aliphatic heterocycles. The van der Waals surface area contributed by atoms with Crippen molar-refractivity contribution in [1.29, 1.82) is 0 Å². The van der Waals surface area contributed by atoms with E-state index in [0.717, 1.165) is 4.90 Å². The summed E-state index contributed by atoms with van der Waals surface area (Å²) in [6.07, 6.45) is 0. The highest BCUT2D eigenvalue weighted by molar-refractivity contribution is 6.42. The van der Waals surface area contributed by atoms with Gasteiger partial charge in [-0.3, -0.25) is 19.6 Å². The lowest BCUT2D eigenvalue weighted by Gasteiger charge is -2.28. The highest BCUT2D eigenvalue weighted by atomic mass is 35.5. The largest absolute Gasteiger partial charge is 0.489 e. The first-order valence-electron chi connectivity index (χ1n) is 7.04. The molecule has 0 aliphatic carbocycles. The monoisotopic (exact) mass is 387 g/mol. The highest BCUT2D eigenvalue weighted by Crippen LogP contribution is 2.32. The van der Waals surface area contributed by atoms with Crippen molar-refractivity contribution in [3.8, 4) is 5.75 Å². The average Bonchev–Trinajstić information content (AvgIpc) is 2.57. The average molecular weight is 388 g/mol. The third-order valence-electron chi connectivity index (χ3n) is 3.62. The van der Waals surface area contributed by atoms with Crippen molar-refractivity contribution in [1.82, 2.24) is 14.9 Å². The predicted molar refractivity (Wildman–Crippen MR) is 92.6 cm³/mol. The van der Waals surface area contributed by atoms with Gasteiger partial charge in [0.05, 0.1) is 29.8 Å². The van der Waals surface area contributed by atoms with Crippen molar-refractivity contribution in [3.05, 3.63) is 60.3 Å². The van der Waals surface area contributed by atoms with Crippen LogP contribution in [0.2, 0.25) is 10.0 Å². The molecule has 2 aromatic rings. The van der Waals surface area contributed by atoms with Gasteiger partial charge in [0, 0.05) is 7.05 Å². The zero-order chi connectivity index (χ0) is 18.7. The molecular formula is C15H15Cl2N3O5. The minimum atomic E-state index is -0.858. The third-order valence-corrected chi connectivity index (χ3v) is 4.45. The number of halogens is 2. The number of nitrogens with one attached hydrogen (secondary N) is 2. The first-order chi connectivity index (χ1) is 11.8. The number of benzene rings is 1. The maximum absolute atomic E-state index is 12.7. The van der Waals surface area contributed by atoms with Crippen molar-refractivity contribution < 1.29 is 14.6 Å². The van der Waals surface area contributed by atoms with Crippen LogP contribution in [-0.4, -0.2) is 46.6 Å². The van der Waals surface area contributed by atoms with Crippen LogP contribution in [0.4, 0.5) is 0 Å². The lowest BCUT2D eigenvalue weighted by molar-refractivity contribution is 0.0648. The number of aromatic nitrogens is 2. The lowest BCUT2D eigenvalue weighted by Crippen LogP contribution is -2.37. The number of carbonyl (C=O) groups excluding carboxylic acids is 1. The zero-order valence-corrected chi connectivity index (χ0v) is 14.8. The number of rotatable bonds is 5. The molecule has 0 bridgehead atoms. The molecule has 1 aromatic carbocycles. The van der Waals surface area contributed by atoms with E-state index >= 15 is 0 Å². The quantitative estimate of drug-likeness (QED) is 0.712. The van der Waals surface area contributed by atoms with Gasteiger partial charge in [0.25, 0.3) is 11.5 Å². The van der Waals surface area contributed by atoms with Gasteiger partial charge in [-0.2, -0.15) is 0 Å². The number of hydrogen-bond donors (Lipinski definition) is 3. The van der Waals surface area contributed by atoms with Gasteiger partial charge in [0.2, 0.25) is 5.75 Å². The van der Waals surface area contributed by atoms with E-state index in [0.29, 0.717) is 5.56 Å². The summed E-state index contributed by atoms with van der Waals surface area (Å²) in [6, 6.07) is 3.95. The van der Waals surface area contributed by atoms with Gasteiger partial charge in [-0.25, -0.2) is 4.79 Å². The molecule has 0 radical (unpaired) electrons. The van der Waals surface area contributed by atoms with Crippen LogP contribution < -0.4 is 16.0 Å². The molecule has 1 amide bonds. The molecule has 0 spiro atoms. The van der Waals surface area contributed by atoms with E-state index in [2.05, 4.69) is 4.98 Å². The molecule has 1 aromatic heterocycles. The van der Waals surface area contributed by atoms with E-state index in [1.165, 1.54) is 14.2 Å². The van der Waals surface area contributed by atoms with Crippen LogP contribution in [0.25, 0.3) is 0 Å². The maximum atomic E-state index is 12.7. The summed E-state index contributed by atoms with van der Waals surface area (Å²) in [5, 5.41) is 10.2. The van der Waals surface area contributed by atoms with Crippen LogP contribution in [0, 0.1) is 0 Å². The molecule has 0 saturated heterocycles. The van der Waals surface area contributed by atoms with E-state index in [1.807, 2.05) is 4.98 Å². The molecule has 10 heteroatoms. The van der Waals surface area contributed by atoms with Crippen molar-refractivity contribution in [3.63, 3.8) is 0 Å². The number of likely N-dealkylation sites (N-methyl/N-ethyl adjacent to an activating group) is 1. The molecule has 0 aliphatic rings. The van der Waals surface area contributed by atoms with Gasteiger partial charge in [-0.15, -0.1) is 0 Å². The molecule has 1 atom stereocenters. The van der Waals surface area contributed by atoms with Crippen LogP contribution in [-0.2, 0) is 0 Å². The van der Waals surface area contributed by atoms with E-state index in [1.54, 1.807) is 18.2 Å². The molecule has 0 saturated carbocycles. The maximum Gasteiger partial charge on any atom is 0.326 e. The van der Waals surface area contributed by atoms with Crippen LogP contribution >= 0.6 is 23.2 Å². The topological polar surface area (TPSA) is 115 Å². The Morgan fingerprint density at radius 3 is 2.60 bits per heavy atom. The first kappa shape index (κ1) is 19.0. The summed E-state index contributed by atoms with van der Waals surface area (Å²) in [7, 11) is 2.58. The van der Waals surface area contributed by atoms with E-state index in [-0.39, 0.29) is 21.5 Å². The minimum absolute atomic E-state index is 0.189. The van der Waals surface area contributed by atoms with E-state index < -0.39 is 29.8 Å². The fourth-order valence-corrected chi connectivity index (χ4v) is 2.78. The number of aliphatic hydroxyl groups excluding tert-OH is 1. The molecule has 0 fully saturated rings. The fourth-order valence-electron chi connectivity index (χ4n) is 2.35. The number of amides is 1. The molecular weight excluding hydrogens is 373 g/mol. The Hall–Kier alpha value is -2.29. The predicted octanol–water partition coefficient (Wildman–Crippen LogP) is 1.18. The molecule has 25 heavy (non-hydrogen) atoms. The Bertz CT molecular complexity index is 909. The Morgan fingerprint density at radius 1 is 1.32 bits per heavy atom. The molecule has 3 N–H and O–H groups in total. The number of methoxy groups -OCH3 is 1. The summed E-state index contributed by atoms with van der Waals surface area (Å²) >= 11 is 12.1. The smallest absolute Gasteiger partial charge is 0.326 e. The Labute approximate surface area is 152 Å². The molecule has 1 unspecified atom stereocenters. The number of nitrogens with zero attached hydrogens (tertiary/aromatic N) is 1. The highest BCUT2D eigenvalue weighted by Gasteiger charge is 2.28. The van der Waals surface area contributed by atoms with Crippen LogP contribution in [0.15, 0.2) is 27.8 Å².